The number of para-hydroxylation sites is 1. The summed E-state index contributed by atoms with van der Waals surface area (Å²) in [4.78, 5) is 66.9. The van der Waals surface area contributed by atoms with Crippen LogP contribution in [-0.2, 0) is 29.1 Å². The molecule has 55 heavy (non-hydrogen) atoms. The smallest absolute Gasteiger partial charge is 0.408 e. The highest BCUT2D eigenvalue weighted by Crippen LogP contribution is 2.47. The number of carbonyl (C=O) groups excluding carboxylic acids is 4. The summed E-state index contributed by atoms with van der Waals surface area (Å²) in [6.07, 6.45) is 8.93. The van der Waals surface area contributed by atoms with E-state index in [0.717, 1.165) is 11.9 Å². The zero-order valence-electron chi connectivity index (χ0n) is 32.2. The standard InChI is InChI=1S/C39H51N7O8S/c1-23-11-7-8-12-25-21-39(25,34(49)44-55(51,52)38(6)15-16-38)43-31(47)29-20-26(53-32-27-13-9-10-14-28(27)45-18-17-40-35(45)42-32)22-46(29)33(48)30(24(2)19-23)41-36(50)54-37(3,4)5/h8-10,12-14,17-18,23-26,29-30H,7,11,15-16,19-22H2,1-6H3,(H,41,50)(H,43,47)(H,44,49)/b12-8-/t23-,24+,25+,26+,29-,30?,39+/m0/s1. The van der Waals surface area contributed by atoms with Crippen molar-refractivity contribution in [2.24, 2.45) is 17.8 Å². The van der Waals surface area contributed by atoms with Crippen LogP contribution in [0.4, 0.5) is 4.79 Å². The number of sulfonamides is 1. The van der Waals surface area contributed by atoms with E-state index in [4.69, 9.17) is 9.47 Å². The van der Waals surface area contributed by atoms with Crippen LogP contribution in [0.5, 0.6) is 5.88 Å². The second-order valence-corrected chi connectivity index (χ2v) is 19.3. The van der Waals surface area contributed by atoms with Gasteiger partial charge in [-0.05, 0) is 90.2 Å². The molecule has 4 aliphatic rings. The Labute approximate surface area is 321 Å². The third-order valence-corrected chi connectivity index (χ3v) is 13.6. The van der Waals surface area contributed by atoms with Crippen molar-refractivity contribution in [3.05, 3.63) is 48.8 Å². The molecule has 3 fully saturated rings. The van der Waals surface area contributed by atoms with Crippen molar-refractivity contribution < 1.29 is 37.1 Å². The zero-order valence-corrected chi connectivity index (χ0v) is 33.0. The van der Waals surface area contributed by atoms with Crippen molar-refractivity contribution in [3.8, 4) is 5.88 Å². The van der Waals surface area contributed by atoms with Gasteiger partial charge in [0.2, 0.25) is 33.5 Å². The summed E-state index contributed by atoms with van der Waals surface area (Å²) in [6, 6.07) is 5.35. The minimum absolute atomic E-state index is 0.0312. The molecule has 15 nitrogen and oxygen atoms in total. The molecule has 1 unspecified atom stereocenters. The first-order chi connectivity index (χ1) is 25.9. The number of amides is 4. The van der Waals surface area contributed by atoms with Gasteiger partial charge in [-0.3, -0.25) is 23.5 Å². The molecule has 3 N–H and O–H groups in total. The van der Waals surface area contributed by atoms with E-state index in [1.807, 2.05) is 47.7 Å². The zero-order chi connectivity index (χ0) is 39.5. The largest absolute Gasteiger partial charge is 0.472 e. The summed E-state index contributed by atoms with van der Waals surface area (Å²) in [5.74, 6) is -1.88. The minimum atomic E-state index is -4.00. The Bertz CT molecular complexity index is 2160. The average Bonchev–Trinajstić information content (AvgIpc) is 3.89. The molecular weight excluding hydrogens is 727 g/mol. The monoisotopic (exact) mass is 777 g/mol. The Kier molecular flexibility index (Phi) is 9.87. The molecule has 2 saturated carbocycles. The van der Waals surface area contributed by atoms with Crippen molar-refractivity contribution in [1.29, 1.82) is 0 Å². The summed E-state index contributed by atoms with van der Waals surface area (Å²) >= 11 is 0. The van der Waals surface area contributed by atoms with Crippen molar-refractivity contribution in [1.82, 2.24) is 34.6 Å². The van der Waals surface area contributed by atoms with E-state index in [0.29, 0.717) is 36.8 Å². The predicted octanol–water partition coefficient (Wildman–Crippen LogP) is 4.01. The molecule has 16 heteroatoms. The first kappa shape index (κ1) is 38.5. The van der Waals surface area contributed by atoms with E-state index in [1.54, 1.807) is 40.1 Å². The molecule has 0 radical (unpaired) electrons. The number of ether oxygens (including phenoxy) is 2. The maximum Gasteiger partial charge on any atom is 0.408 e. The van der Waals surface area contributed by atoms with Gasteiger partial charge < -0.3 is 25.0 Å². The van der Waals surface area contributed by atoms with Gasteiger partial charge in [-0.15, -0.1) is 0 Å². The summed E-state index contributed by atoms with van der Waals surface area (Å²) in [5, 5.41) is 6.43. The van der Waals surface area contributed by atoms with Crippen molar-refractivity contribution in [3.63, 3.8) is 0 Å². The molecule has 0 spiro atoms. The molecule has 2 aromatic heterocycles. The summed E-state index contributed by atoms with van der Waals surface area (Å²) in [6.45, 7) is 10.7. The number of nitrogens with zero attached hydrogens (tertiary/aromatic N) is 4. The predicted molar refractivity (Wildman–Crippen MR) is 203 cm³/mol. The van der Waals surface area contributed by atoms with Gasteiger partial charge in [0.05, 0.1) is 22.2 Å². The molecule has 1 aromatic carbocycles. The van der Waals surface area contributed by atoms with E-state index in [1.165, 1.54) is 4.90 Å². The number of nitrogens with one attached hydrogen (secondary N) is 3. The van der Waals surface area contributed by atoms with Gasteiger partial charge in [0, 0.05) is 24.7 Å². The lowest BCUT2D eigenvalue weighted by atomic mass is 9.88. The first-order valence-corrected chi connectivity index (χ1v) is 20.6. The number of imidazole rings is 1. The Morgan fingerprint density at radius 3 is 2.56 bits per heavy atom. The lowest BCUT2D eigenvalue weighted by Gasteiger charge is -2.33. The van der Waals surface area contributed by atoms with E-state index < -0.39 is 73.8 Å². The Balaban J connectivity index is 1.24. The van der Waals surface area contributed by atoms with Gasteiger partial charge in [-0.2, -0.15) is 4.98 Å². The molecule has 4 amide bonds. The van der Waals surface area contributed by atoms with Crippen molar-refractivity contribution in [2.45, 2.75) is 121 Å². The second-order valence-electron chi connectivity index (χ2n) is 17.1. The highest BCUT2D eigenvalue weighted by molar-refractivity contribution is 7.91. The molecule has 0 bridgehead atoms. The number of rotatable bonds is 6. The molecule has 2 aliphatic heterocycles. The quantitative estimate of drug-likeness (QED) is 0.309. The summed E-state index contributed by atoms with van der Waals surface area (Å²) in [5.41, 5.74) is -1.55. The topological polar surface area (TPSA) is 190 Å². The summed E-state index contributed by atoms with van der Waals surface area (Å²) < 4.78 is 41.6. The molecule has 7 atom stereocenters. The lowest BCUT2D eigenvalue weighted by molar-refractivity contribution is -0.142. The molecular formula is C39H51N7O8S. The van der Waals surface area contributed by atoms with Crippen LogP contribution in [0.2, 0.25) is 0 Å². The Morgan fingerprint density at radius 2 is 1.84 bits per heavy atom. The SMILES string of the molecule is C[C@H]1CC/C=C\[C@@H]2C[C@@]2(C(=O)NS(=O)(=O)C2(C)CC2)NC(=O)[C@@H]2C[C@@H](Oc3nc4nccn4c4ccccc34)CN2C(=O)C(NC(=O)OC(C)(C)C)[C@H](C)C1. The number of aromatic nitrogens is 3. The molecule has 2 aliphatic carbocycles. The summed E-state index contributed by atoms with van der Waals surface area (Å²) in [7, 11) is -4.00. The van der Waals surface area contributed by atoms with Crippen molar-refractivity contribution >= 4 is 50.5 Å². The highest BCUT2D eigenvalue weighted by atomic mass is 32.2. The lowest BCUT2D eigenvalue weighted by Crippen LogP contribution is -2.59. The number of hydrogen-bond donors (Lipinski definition) is 3. The van der Waals surface area contributed by atoms with Crippen LogP contribution in [0.25, 0.3) is 16.7 Å². The average molecular weight is 778 g/mol. The molecule has 7 rings (SSSR count). The van der Waals surface area contributed by atoms with Crippen LogP contribution in [-0.4, -0.2) is 92.1 Å². The van der Waals surface area contributed by atoms with Crippen LogP contribution >= 0.6 is 0 Å². The number of allylic oxidation sites excluding steroid dienone is 1. The fourth-order valence-electron chi connectivity index (χ4n) is 7.86. The fourth-order valence-corrected chi connectivity index (χ4v) is 9.17. The fraction of sp³-hybridized carbons (Fsp3) is 0.590. The van der Waals surface area contributed by atoms with Gasteiger partial charge >= 0.3 is 6.09 Å². The third kappa shape index (κ3) is 7.74. The van der Waals surface area contributed by atoms with Gasteiger partial charge in [-0.25, -0.2) is 18.2 Å². The normalized spacial score (nSPS) is 30.3. The van der Waals surface area contributed by atoms with Gasteiger partial charge in [0.25, 0.3) is 5.91 Å². The number of hydrogen-bond acceptors (Lipinski definition) is 10. The van der Waals surface area contributed by atoms with E-state index in [-0.39, 0.29) is 37.1 Å². The Hall–Kier alpha value is -4.73. The van der Waals surface area contributed by atoms with Gasteiger partial charge in [-0.1, -0.05) is 38.1 Å². The maximum atomic E-state index is 14.8. The number of fused-ring (bicyclic) bond motifs is 5. The number of alkyl carbamates (subject to hydrolysis) is 1. The maximum absolute atomic E-state index is 14.8. The minimum Gasteiger partial charge on any atom is -0.472 e. The third-order valence-electron chi connectivity index (χ3n) is 11.4. The molecule has 1 saturated heterocycles. The molecule has 4 heterocycles. The number of carbonyl (C=O) groups is 4. The van der Waals surface area contributed by atoms with Gasteiger partial charge in [0.15, 0.2) is 0 Å². The van der Waals surface area contributed by atoms with Crippen LogP contribution in [0.3, 0.4) is 0 Å². The Morgan fingerprint density at radius 1 is 1.09 bits per heavy atom. The number of benzene rings is 1. The van der Waals surface area contributed by atoms with Gasteiger partial charge in [0.1, 0.15) is 29.3 Å². The van der Waals surface area contributed by atoms with Crippen LogP contribution < -0.4 is 20.1 Å². The van der Waals surface area contributed by atoms with E-state index in [2.05, 4.69) is 32.2 Å². The molecule has 3 aromatic rings. The van der Waals surface area contributed by atoms with E-state index >= 15 is 0 Å². The van der Waals surface area contributed by atoms with Crippen molar-refractivity contribution in [2.75, 3.05) is 6.54 Å². The first-order valence-electron chi connectivity index (χ1n) is 19.1. The van der Waals surface area contributed by atoms with E-state index in [9.17, 15) is 27.6 Å². The highest BCUT2D eigenvalue weighted by Gasteiger charge is 2.63. The molecule has 296 valence electrons. The van der Waals surface area contributed by atoms with Crippen LogP contribution in [0, 0.1) is 17.8 Å². The van der Waals surface area contributed by atoms with Crippen LogP contribution in [0.1, 0.15) is 86.5 Å². The second kappa shape index (κ2) is 14.1. The van der Waals surface area contributed by atoms with Crippen LogP contribution in [0.15, 0.2) is 48.8 Å².